The van der Waals surface area contributed by atoms with E-state index < -0.39 is 6.10 Å². The summed E-state index contributed by atoms with van der Waals surface area (Å²) in [6, 6.07) is 13.0. The van der Waals surface area contributed by atoms with Gasteiger partial charge in [0.1, 0.15) is 11.5 Å². The van der Waals surface area contributed by atoms with Crippen LogP contribution in [0.25, 0.3) is 0 Å². The van der Waals surface area contributed by atoms with Crippen molar-refractivity contribution in [1.82, 2.24) is 5.32 Å². The number of amides is 1. The summed E-state index contributed by atoms with van der Waals surface area (Å²) >= 11 is 6.43. The van der Waals surface area contributed by atoms with Crippen molar-refractivity contribution < 1.29 is 14.3 Å². The molecule has 1 fully saturated rings. The van der Waals surface area contributed by atoms with Gasteiger partial charge in [-0.25, -0.2) is 4.39 Å². The molecule has 1 aliphatic heterocycles. The van der Waals surface area contributed by atoms with Gasteiger partial charge in [0.05, 0.1) is 28.9 Å². The van der Waals surface area contributed by atoms with Gasteiger partial charge in [0.25, 0.3) is 5.91 Å². The maximum absolute atomic E-state index is 13.5. The van der Waals surface area contributed by atoms with Gasteiger partial charge in [0.15, 0.2) is 0 Å². The number of para-hydroxylation sites is 1. The summed E-state index contributed by atoms with van der Waals surface area (Å²) in [5.41, 5.74) is 1.90. The van der Waals surface area contributed by atoms with E-state index in [0.29, 0.717) is 22.8 Å². The number of aliphatic hydroxyl groups excluding tert-OH is 1. The van der Waals surface area contributed by atoms with E-state index in [9.17, 15) is 14.3 Å². The summed E-state index contributed by atoms with van der Waals surface area (Å²) in [4.78, 5) is 13.1. The first-order chi connectivity index (χ1) is 14.5. The highest BCUT2D eigenvalue weighted by Gasteiger charge is 2.40. The lowest BCUT2D eigenvalue weighted by atomic mass is 9.89. The van der Waals surface area contributed by atoms with Crippen molar-refractivity contribution in [3.63, 3.8) is 0 Å². The van der Waals surface area contributed by atoms with Gasteiger partial charge in [-0.2, -0.15) is 5.10 Å². The molecule has 0 bridgehead atoms. The summed E-state index contributed by atoms with van der Waals surface area (Å²) in [6.07, 6.45) is 2.86. The molecule has 1 amide bonds. The maximum Gasteiger partial charge on any atom is 0.268 e. The Kier molecular flexibility index (Phi) is 6.06. The van der Waals surface area contributed by atoms with Crippen LogP contribution >= 0.6 is 11.6 Å². The topological polar surface area (TPSA) is 64.9 Å². The monoisotopic (exact) mass is 429 g/mol. The zero-order chi connectivity index (χ0) is 21.3. The van der Waals surface area contributed by atoms with Crippen LogP contribution in [0.5, 0.6) is 0 Å². The first-order valence-corrected chi connectivity index (χ1v) is 10.7. The highest BCUT2D eigenvalue weighted by Crippen LogP contribution is 2.41. The summed E-state index contributed by atoms with van der Waals surface area (Å²) in [7, 11) is 0. The lowest BCUT2D eigenvalue weighted by Crippen LogP contribution is -2.48. The first-order valence-electron chi connectivity index (χ1n) is 10.3. The summed E-state index contributed by atoms with van der Waals surface area (Å²) in [5, 5.41) is 20.1. The summed E-state index contributed by atoms with van der Waals surface area (Å²) < 4.78 is 13.5. The number of anilines is 1. The first kappa shape index (κ1) is 20.8. The number of benzene rings is 2. The molecule has 2 aromatic carbocycles. The van der Waals surface area contributed by atoms with E-state index in [4.69, 9.17) is 11.6 Å². The minimum Gasteiger partial charge on any atom is -0.391 e. The van der Waals surface area contributed by atoms with E-state index in [0.717, 1.165) is 24.8 Å². The Morgan fingerprint density at radius 2 is 1.87 bits per heavy atom. The van der Waals surface area contributed by atoms with Crippen molar-refractivity contribution in [2.75, 3.05) is 5.01 Å². The number of hydrogen-bond acceptors (Lipinski definition) is 4. The molecule has 0 spiro atoms. The molecule has 1 heterocycles. The second kappa shape index (κ2) is 8.74. The molecule has 0 radical (unpaired) electrons. The van der Waals surface area contributed by atoms with Crippen molar-refractivity contribution in [1.29, 1.82) is 0 Å². The number of halogens is 2. The van der Waals surface area contributed by atoms with Crippen LogP contribution in [0, 0.1) is 11.7 Å². The fourth-order valence-electron chi connectivity index (χ4n) is 4.34. The predicted molar refractivity (Wildman–Crippen MR) is 116 cm³/mol. The molecule has 30 heavy (non-hydrogen) atoms. The van der Waals surface area contributed by atoms with Crippen LogP contribution < -0.4 is 10.3 Å². The fourth-order valence-corrected chi connectivity index (χ4v) is 4.56. The van der Waals surface area contributed by atoms with E-state index >= 15 is 0 Å². The summed E-state index contributed by atoms with van der Waals surface area (Å²) in [6.45, 7) is 1.93. The van der Waals surface area contributed by atoms with Crippen LogP contribution in [-0.2, 0) is 4.79 Å². The maximum atomic E-state index is 13.5. The van der Waals surface area contributed by atoms with Crippen molar-refractivity contribution in [3.8, 4) is 0 Å². The fraction of sp³-hybridized carbons (Fsp3) is 0.391. The minimum atomic E-state index is -0.535. The van der Waals surface area contributed by atoms with Crippen molar-refractivity contribution in [3.05, 3.63) is 64.9 Å². The Morgan fingerprint density at radius 1 is 1.17 bits per heavy atom. The average Bonchev–Trinajstić information content (AvgIpc) is 3.08. The quantitative estimate of drug-likeness (QED) is 0.754. The van der Waals surface area contributed by atoms with Gasteiger partial charge in [-0.1, -0.05) is 55.6 Å². The lowest BCUT2D eigenvalue weighted by Gasteiger charge is -2.29. The molecular formula is C23H25ClFN3O2. The van der Waals surface area contributed by atoms with Gasteiger partial charge in [-0.3, -0.25) is 9.80 Å². The predicted octanol–water partition coefficient (Wildman–Crippen LogP) is 4.45. The minimum absolute atomic E-state index is 0.257. The van der Waals surface area contributed by atoms with Crippen molar-refractivity contribution >= 4 is 28.9 Å². The number of rotatable bonds is 4. The number of aliphatic hydroxyl groups is 1. The van der Waals surface area contributed by atoms with E-state index in [1.165, 1.54) is 12.1 Å². The number of carbonyl (C=O) groups is 1. The Bertz CT molecular complexity index is 950. The smallest absolute Gasteiger partial charge is 0.268 e. The van der Waals surface area contributed by atoms with Crippen molar-refractivity contribution in [2.24, 2.45) is 11.0 Å². The Labute approximate surface area is 180 Å². The Morgan fingerprint density at radius 3 is 2.57 bits per heavy atom. The molecule has 0 unspecified atom stereocenters. The standard InChI is InChI=1S/C23H25ClFN3O2/c1-14-21(23(30)26-18-7-3-5-9-20(18)29)27-28(19-8-4-2-6-17(19)24)22(14)15-10-12-16(25)13-11-15/h2,4,6,8,10-14,18,20,22,29H,3,5,7,9H2,1H3,(H,26,30)/t14-,18+,20+,22+/m1/s1. The second-order valence-corrected chi connectivity index (χ2v) is 8.41. The molecule has 1 saturated carbocycles. The summed E-state index contributed by atoms with van der Waals surface area (Å²) in [5.74, 6) is -0.860. The largest absolute Gasteiger partial charge is 0.391 e. The molecule has 0 saturated heterocycles. The molecule has 4 rings (SSSR count). The molecule has 2 aliphatic rings. The third-order valence-electron chi connectivity index (χ3n) is 5.97. The number of carbonyl (C=O) groups excluding carboxylic acids is 1. The Balaban J connectivity index is 1.67. The molecule has 5 nitrogen and oxygen atoms in total. The third-order valence-corrected chi connectivity index (χ3v) is 6.29. The highest BCUT2D eigenvalue weighted by molar-refractivity contribution is 6.41. The molecule has 4 atom stereocenters. The Hall–Kier alpha value is -2.44. The number of nitrogens with zero attached hydrogens (tertiary/aromatic N) is 2. The third kappa shape index (κ3) is 4.07. The molecular weight excluding hydrogens is 405 g/mol. The number of hydrazone groups is 1. The van der Waals surface area contributed by atoms with Gasteiger partial charge in [-0.15, -0.1) is 0 Å². The normalized spacial score (nSPS) is 26.4. The van der Waals surface area contributed by atoms with Gasteiger partial charge in [0.2, 0.25) is 0 Å². The van der Waals surface area contributed by atoms with Crippen LogP contribution in [0.2, 0.25) is 5.02 Å². The number of nitrogens with one attached hydrogen (secondary N) is 1. The average molecular weight is 430 g/mol. The molecule has 2 aromatic rings. The number of hydrogen-bond donors (Lipinski definition) is 2. The van der Waals surface area contributed by atoms with Crippen LogP contribution in [0.3, 0.4) is 0 Å². The molecule has 158 valence electrons. The molecule has 2 N–H and O–H groups in total. The van der Waals surface area contributed by atoms with Crippen LogP contribution in [0.1, 0.15) is 44.2 Å². The SMILES string of the molecule is C[C@@H]1C(C(=O)N[C@H]2CCCC[C@@H]2O)=NN(c2ccccc2Cl)[C@@H]1c1ccc(F)cc1. The van der Waals surface area contributed by atoms with Gasteiger partial charge < -0.3 is 10.4 Å². The second-order valence-electron chi connectivity index (χ2n) is 8.00. The van der Waals surface area contributed by atoms with E-state index in [1.807, 2.05) is 25.1 Å². The molecule has 7 heteroatoms. The van der Waals surface area contributed by atoms with Crippen LogP contribution in [-0.4, -0.2) is 28.9 Å². The molecule has 0 aromatic heterocycles. The van der Waals surface area contributed by atoms with Crippen LogP contribution in [0.15, 0.2) is 53.6 Å². The lowest BCUT2D eigenvalue weighted by molar-refractivity contribution is -0.116. The molecule has 1 aliphatic carbocycles. The van der Waals surface area contributed by atoms with E-state index in [2.05, 4.69) is 10.4 Å². The van der Waals surface area contributed by atoms with Gasteiger partial charge in [-0.05, 0) is 42.7 Å². The van der Waals surface area contributed by atoms with E-state index in [1.54, 1.807) is 23.2 Å². The zero-order valence-electron chi connectivity index (χ0n) is 16.8. The van der Waals surface area contributed by atoms with Crippen molar-refractivity contribution in [2.45, 2.75) is 50.8 Å². The zero-order valence-corrected chi connectivity index (χ0v) is 17.5. The van der Waals surface area contributed by atoms with Gasteiger partial charge in [0, 0.05) is 5.92 Å². The van der Waals surface area contributed by atoms with E-state index in [-0.39, 0.29) is 29.7 Å². The van der Waals surface area contributed by atoms with Gasteiger partial charge >= 0.3 is 0 Å². The van der Waals surface area contributed by atoms with Crippen LogP contribution in [0.4, 0.5) is 10.1 Å². The highest BCUT2D eigenvalue weighted by atomic mass is 35.5.